The molecule has 0 radical (unpaired) electrons. The number of nitrogens with zero attached hydrogens (tertiary/aromatic N) is 6. The summed E-state index contributed by atoms with van der Waals surface area (Å²) < 4.78 is 28.9. The summed E-state index contributed by atoms with van der Waals surface area (Å²) in [7, 11) is -3.41. The van der Waals surface area contributed by atoms with Gasteiger partial charge in [0.05, 0.1) is 11.5 Å². The normalized spacial score (nSPS) is 15.0. The molecule has 1 aliphatic heterocycles. The van der Waals surface area contributed by atoms with Crippen LogP contribution >= 0.6 is 11.8 Å². The van der Waals surface area contributed by atoms with E-state index in [2.05, 4.69) is 15.2 Å². The van der Waals surface area contributed by atoms with Crippen LogP contribution in [0.1, 0.15) is 12.5 Å². The topological polar surface area (TPSA) is 101 Å². The van der Waals surface area contributed by atoms with Gasteiger partial charge in [0.2, 0.25) is 15.9 Å². The Balaban J connectivity index is 1.32. The van der Waals surface area contributed by atoms with Gasteiger partial charge in [-0.05, 0) is 24.6 Å². The van der Waals surface area contributed by atoms with Crippen LogP contribution < -0.4 is 0 Å². The van der Waals surface area contributed by atoms with Crippen LogP contribution in [0.2, 0.25) is 0 Å². The summed E-state index contributed by atoms with van der Waals surface area (Å²) in [6.45, 7) is 4.08. The lowest BCUT2D eigenvalue weighted by Crippen LogP contribution is -2.51. The summed E-state index contributed by atoms with van der Waals surface area (Å²) in [6.07, 6.45) is 3.42. The summed E-state index contributed by atoms with van der Waals surface area (Å²) in [6, 6.07) is 12.9. The molecule has 0 spiro atoms. The Labute approximate surface area is 197 Å². The van der Waals surface area contributed by atoms with Crippen molar-refractivity contribution in [2.45, 2.75) is 24.4 Å². The van der Waals surface area contributed by atoms with E-state index < -0.39 is 10.0 Å². The van der Waals surface area contributed by atoms with Crippen LogP contribution in [0.4, 0.5) is 0 Å². The fourth-order valence-electron chi connectivity index (χ4n) is 3.70. The number of piperazine rings is 1. The average Bonchev–Trinajstić information content (AvgIpc) is 3.26. The number of carbonyl (C=O) groups is 1. The number of rotatable bonds is 8. The smallest absolute Gasteiger partial charge is 0.233 e. The third-order valence-corrected chi connectivity index (χ3v) is 8.27. The van der Waals surface area contributed by atoms with Gasteiger partial charge in [-0.2, -0.15) is 4.31 Å². The lowest BCUT2D eigenvalue weighted by atomic mass is 10.2. The number of hydrogen-bond acceptors (Lipinski definition) is 7. The molecular weight excluding hydrogens is 460 g/mol. The van der Waals surface area contributed by atoms with Crippen LogP contribution in [0.3, 0.4) is 0 Å². The number of carbonyl (C=O) groups excluding carboxylic acids is 1. The summed E-state index contributed by atoms with van der Waals surface area (Å²) in [4.78, 5) is 18.5. The first-order valence-electron chi connectivity index (χ1n) is 10.7. The summed E-state index contributed by atoms with van der Waals surface area (Å²) in [5.74, 6) is 0.915. The predicted molar refractivity (Wildman–Crippen MR) is 127 cm³/mol. The maximum absolute atomic E-state index is 12.8. The van der Waals surface area contributed by atoms with Gasteiger partial charge in [-0.3, -0.25) is 9.78 Å². The van der Waals surface area contributed by atoms with Crippen molar-refractivity contribution in [2.24, 2.45) is 0 Å². The van der Waals surface area contributed by atoms with Crippen LogP contribution in [-0.4, -0.2) is 75.2 Å². The number of hydrogen-bond donors (Lipinski definition) is 0. The first-order valence-corrected chi connectivity index (χ1v) is 13.3. The number of pyridine rings is 1. The van der Waals surface area contributed by atoms with Gasteiger partial charge in [-0.1, -0.05) is 42.1 Å². The average molecular weight is 487 g/mol. The van der Waals surface area contributed by atoms with Gasteiger partial charge >= 0.3 is 0 Å². The van der Waals surface area contributed by atoms with Crippen molar-refractivity contribution in [3.05, 3.63) is 60.4 Å². The summed E-state index contributed by atoms with van der Waals surface area (Å²) in [5, 5.41) is 9.23. The molecule has 0 bridgehead atoms. The maximum Gasteiger partial charge on any atom is 0.233 e. The molecule has 0 atom stereocenters. The van der Waals surface area contributed by atoms with Crippen LogP contribution in [0, 0.1) is 0 Å². The van der Waals surface area contributed by atoms with E-state index in [4.69, 9.17) is 0 Å². The maximum atomic E-state index is 12.8. The molecule has 2 aromatic heterocycles. The van der Waals surface area contributed by atoms with Crippen LogP contribution in [0.15, 0.2) is 60.0 Å². The molecule has 33 heavy (non-hydrogen) atoms. The Morgan fingerprint density at radius 1 is 1.00 bits per heavy atom. The fraction of sp³-hybridized carbons (Fsp3) is 0.364. The zero-order valence-corrected chi connectivity index (χ0v) is 20.0. The minimum atomic E-state index is -3.41. The van der Waals surface area contributed by atoms with Crippen molar-refractivity contribution in [3.8, 4) is 11.4 Å². The fourth-order valence-corrected chi connectivity index (χ4v) is 6.13. The highest BCUT2D eigenvalue weighted by molar-refractivity contribution is 7.99. The second kappa shape index (κ2) is 10.4. The number of amides is 1. The first-order chi connectivity index (χ1) is 16.0. The van der Waals surface area contributed by atoms with E-state index in [1.165, 1.54) is 16.1 Å². The molecule has 9 nitrogen and oxygen atoms in total. The SMILES string of the molecule is CCn1c(SCC(=O)N2CCN(S(=O)(=O)Cc3ccccc3)CC2)nnc1-c1ccncc1. The molecule has 0 saturated carbocycles. The quantitative estimate of drug-likeness (QED) is 0.450. The molecule has 4 rings (SSSR count). The molecule has 174 valence electrons. The molecule has 1 fully saturated rings. The molecule has 0 aliphatic carbocycles. The molecule has 1 aliphatic rings. The largest absolute Gasteiger partial charge is 0.339 e. The highest BCUT2D eigenvalue weighted by Crippen LogP contribution is 2.24. The van der Waals surface area contributed by atoms with E-state index in [1.54, 1.807) is 17.3 Å². The Morgan fingerprint density at radius 3 is 2.36 bits per heavy atom. The second-order valence-electron chi connectivity index (χ2n) is 7.60. The number of sulfonamides is 1. The zero-order chi connectivity index (χ0) is 23.3. The number of aromatic nitrogens is 4. The molecule has 1 saturated heterocycles. The van der Waals surface area contributed by atoms with Crippen molar-refractivity contribution in [1.82, 2.24) is 29.0 Å². The van der Waals surface area contributed by atoms with Gasteiger partial charge in [0.15, 0.2) is 11.0 Å². The minimum Gasteiger partial charge on any atom is -0.339 e. The van der Waals surface area contributed by atoms with E-state index in [1.807, 2.05) is 54.0 Å². The number of benzene rings is 1. The number of thioether (sulfide) groups is 1. The molecule has 1 amide bonds. The van der Waals surface area contributed by atoms with E-state index >= 15 is 0 Å². The van der Waals surface area contributed by atoms with Gasteiger partial charge in [-0.15, -0.1) is 10.2 Å². The van der Waals surface area contributed by atoms with Crippen molar-refractivity contribution >= 4 is 27.7 Å². The summed E-state index contributed by atoms with van der Waals surface area (Å²) >= 11 is 1.35. The standard InChI is InChI=1S/C22H26N6O3S2/c1-2-28-21(19-8-10-23-11-9-19)24-25-22(28)32-16-20(29)26-12-14-27(15-13-26)33(30,31)17-18-6-4-3-5-7-18/h3-11H,2,12-17H2,1H3. The van der Waals surface area contributed by atoms with Crippen LogP contribution in [0.5, 0.6) is 0 Å². The molecule has 1 aromatic carbocycles. The molecule has 3 aromatic rings. The molecule has 11 heteroatoms. The van der Waals surface area contributed by atoms with Crippen molar-refractivity contribution in [2.75, 3.05) is 31.9 Å². The van der Waals surface area contributed by atoms with Crippen molar-refractivity contribution < 1.29 is 13.2 Å². The van der Waals surface area contributed by atoms with Crippen molar-refractivity contribution in [3.63, 3.8) is 0 Å². The van der Waals surface area contributed by atoms with E-state index in [-0.39, 0.29) is 17.4 Å². The van der Waals surface area contributed by atoms with Crippen molar-refractivity contribution in [1.29, 1.82) is 0 Å². The van der Waals surface area contributed by atoms with Gasteiger partial charge in [0, 0.05) is 50.7 Å². The molecule has 3 heterocycles. The van der Waals surface area contributed by atoms with Gasteiger partial charge in [0.1, 0.15) is 0 Å². The Kier molecular flexibility index (Phi) is 7.41. The van der Waals surface area contributed by atoms with Crippen LogP contribution in [-0.2, 0) is 27.1 Å². The van der Waals surface area contributed by atoms with Crippen LogP contribution in [0.25, 0.3) is 11.4 Å². The zero-order valence-electron chi connectivity index (χ0n) is 18.4. The van der Waals surface area contributed by atoms with E-state index in [9.17, 15) is 13.2 Å². The Hall–Kier alpha value is -2.76. The highest BCUT2D eigenvalue weighted by atomic mass is 32.2. The Bertz CT molecular complexity index is 1180. The lowest BCUT2D eigenvalue weighted by Gasteiger charge is -2.34. The molecule has 0 N–H and O–H groups in total. The predicted octanol–water partition coefficient (Wildman–Crippen LogP) is 2.13. The third kappa shape index (κ3) is 5.60. The van der Waals surface area contributed by atoms with Gasteiger partial charge in [0.25, 0.3) is 0 Å². The minimum absolute atomic E-state index is 0.0237. The summed E-state index contributed by atoms with van der Waals surface area (Å²) in [5.41, 5.74) is 1.68. The van der Waals surface area contributed by atoms with Gasteiger partial charge < -0.3 is 9.47 Å². The molecule has 0 unspecified atom stereocenters. The monoisotopic (exact) mass is 486 g/mol. The lowest BCUT2D eigenvalue weighted by molar-refractivity contribution is -0.129. The third-order valence-electron chi connectivity index (χ3n) is 5.47. The van der Waals surface area contributed by atoms with E-state index in [0.29, 0.717) is 37.9 Å². The van der Waals surface area contributed by atoms with Gasteiger partial charge in [-0.25, -0.2) is 8.42 Å². The Morgan fingerprint density at radius 2 is 1.70 bits per heavy atom. The highest BCUT2D eigenvalue weighted by Gasteiger charge is 2.29. The second-order valence-corrected chi connectivity index (χ2v) is 10.5. The molecular formula is C22H26N6O3S2. The first kappa shape index (κ1) is 23.4. The van der Waals surface area contributed by atoms with E-state index in [0.717, 1.165) is 17.0 Å².